The SMILES string of the molecule is N#CSc1ccc(Cl)c(N)c1. The molecule has 0 aliphatic carbocycles. The van der Waals surface area contributed by atoms with E-state index in [0.29, 0.717) is 10.7 Å². The van der Waals surface area contributed by atoms with Gasteiger partial charge in [0.2, 0.25) is 0 Å². The third-order valence-corrected chi connectivity index (χ3v) is 2.06. The van der Waals surface area contributed by atoms with Gasteiger partial charge >= 0.3 is 0 Å². The minimum atomic E-state index is 0.506. The molecule has 0 amide bonds. The summed E-state index contributed by atoms with van der Waals surface area (Å²) >= 11 is 6.73. The number of hydrogen-bond donors (Lipinski definition) is 1. The number of thiocyanates is 1. The summed E-state index contributed by atoms with van der Waals surface area (Å²) in [5.74, 6) is 0. The maximum absolute atomic E-state index is 8.32. The van der Waals surface area contributed by atoms with Gasteiger partial charge in [0.1, 0.15) is 5.40 Å². The summed E-state index contributed by atoms with van der Waals surface area (Å²) < 4.78 is 0. The van der Waals surface area contributed by atoms with Crippen LogP contribution in [0.4, 0.5) is 5.69 Å². The maximum Gasteiger partial charge on any atom is 0.138 e. The van der Waals surface area contributed by atoms with Crippen LogP contribution in [0.2, 0.25) is 5.02 Å². The molecule has 0 radical (unpaired) electrons. The molecule has 2 N–H and O–H groups in total. The fraction of sp³-hybridized carbons (Fsp3) is 0. The van der Waals surface area contributed by atoms with Crippen LogP contribution >= 0.6 is 23.4 Å². The zero-order valence-corrected chi connectivity index (χ0v) is 7.12. The lowest BCUT2D eigenvalue weighted by Crippen LogP contribution is -1.85. The Kier molecular flexibility index (Phi) is 2.64. The third kappa shape index (κ3) is 2.04. The van der Waals surface area contributed by atoms with Gasteiger partial charge in [0, 0.05) is 4.90 Å². The molecule has 0 saturated heterocycles. The molecule has 0 bridgehead atoms. The molecular formula is C7H5ClN2S. The van der Waals surface area contributed by atoms with E-state index in [1.807, 2.05) is 5.40 Å². The largest absolute Gasteiger partial charge is 0.397 e. The smallest absolute Gasteiger partial charge is 0.138 e. The van der Waals surface area contributed by atoms with E-state index in [-0.39, 0.29) is 0 Å². The Hall–Kier alpha value is -0.850. The summed E-state index contributed by atoms with van der Waals surface area (Å²) in [6, 6.07) is 5.11. The van der Waals surface area contributed by atoms with E-state index in [4.69, 9.17) is 22.6 Å². The summed E-state index contributed by atoms with van der Waals surface area (Å²) in [5.41, 5.74) is 6.00. The van der Waals surface area contributed by atoms with Crippen molar-refractivity contribution in [2.75, 3.05) is 5.73 Å². The van der Waals surface area contributed by atoms with Gasteiger partial charge in [0.05, 0.1) is 10.7 Å². The molecule has 1 aromatic rings. The first-order valence-corrected chi connectivity index (χ1v) is 4.04. The van der Waals surface area contributed by atoms with E-state index in [9.17, 15) is 0 Å². The van der Waals surface area contributed by atoms with Crippen LogP contribution in [0.3, 0.4) is 0 Å². The molecule has 4 heteroatoms. The summed E-state index contributed by atoms with van der Waals surface area (Å²) in [4.78, 5) is 0.814. The second-order valence-electron chi connectivity index (χ2n) is 1.88. The molecule has 0 atom stereocenters. The zero-order chi connectivity index (χ0) is 8.27. The van der Waals surface area contributed by atoms with Crippen molar-refractivity contribution in [1.82, 2.24) is 0 Å². The molecule has 56 valence electrons. The number of thioether (sulfide) groups is 1. The van der Waals surface area contributed by atoms with Crippen molar-refractivity contribution in [2.45, 2.75) is 4.90 Å². The van der Waals surface area contributed by atoms with Gasteiger partial charge in [-0.1, -0.05) is 11.6 Å². The van der Waals surface area contributed by atoms with Crippen LogP contribution in [0.1, 0.15) is 0 Å². The molecular weight excluding hydrogens is 180 g/mol. The van der Waals surface area contributed by atoms with Crippen molar-refractivity contribution in [2.24, 2.45) is 0 Å². The monoisotopic (exact) mass is 184 g/mol. The molecule has 0 saturated carbocycles. The molecule has 0 unspecified atom stereocenters. The molecule has 11 heavy (non-hydrogen) atoms. The average molecular weight is 185 g/mol. The Bertz CT molecular complexity index is 306. The third-order valence-electron chi connectivity index (χ3n) is 1.13. The first-order chi connectivity index (χ1) is 5.24. The predicted molar refractivity (Wildman–Crippen MR) is 47.3 cm³/mol. The number of benzene rings is 1. The van der Waals surface area contributed by atoms with Gasteiger partial charge in [0.15, 0.2) is 0 Å². The second kappa shape index (κ2) is 3.51. The first kappa shape index (κ1) is 8.25. The molecule has 0 heterocycles. The van der Waals surface area contributed by atoms with Crippen LogP contribution in [-0.4, -0.2) is 0 Å². The maximum atomic E-state index is 8.32. The molecule has 0 fully saturated rings. The lowest BCUT2D eigenvalue weighted by atomic mass is 10.3. The second-order valence-corrected chi connectivity index (χ2v) is 3.14. The lowest BCUT2D eigenvalue weighted by molar-refractivity contribution is 1.47. The van der Waals surface area contributed by atoms with E-state index >= 15 is 0 Å². The van der Waals surface area contributed by atoms with Crippen molar-refractivity contribution in [3.63, 3.8) is 0 Å². The van der Waals surface area contributed by atoms with Gasteiger partial charge in [-0.3, -0.25) is 0 Å². The number of halogens is 1. The minimum absolute atomic E-state index is 0.506. The fourth-order valence-corrected chi connectivity index (χ4v) is 1.18. The number of nitrogens with zero attached hydrogens (tertiary/aromatic N) is 1. The Labute approximate surface area is 74.0 Å². The van der Waals surface area contributed by atoms with Crippen LogP contribution in [0.15, 0.2) is 23.1 Å². The Balaban J connectivity index is 2.98. The van der Waals surface area contributed by atoms with Crippen molar-refractivity contribution >= 4 is 29.1 Å². The Morgan fingerprint density at radius 1 is 1.55 bits per heavy atom. The highest BCUT2D eigenvalue weighted by atomic mass is 35.5. The van der Waals surface area contributed by atoms with E-state index in [0.717, 1.165) is 16.7 Å². The zero-order valence-electron chi connectivity index (χ0n) is 5.54. The average Bonchev–Trinajstić information content (AvgIpc) is 1.98. The highest BCUT2D eigenvalue weighted by Gasteiger charge is 1.97. The summed E-state index contributed by atoms with van der Waals surface area (Å²) in [6.45, 7) is 0. The number of rotatable bonds is 1. The number of nitrogen functional groups attached to an aromatic ring is 1. The summed E-state index contributed by atoms with van der Waals surface area (Å²) in [5, 5.41) is 10.8. The predicted octanol–water partition coefficient (Wildman–Crippen LogP) is 2.50. The van der Waals surface area contributed by atoms with Crippen molar-refractivity contribution in [3.8, 4) is 5.40 Å². The van der Waals surface area contributed by atoms with E-state index in [1.165, 1.54) is 0 Å². The standard InChI is InChI=1S/C7H5ClN2S/c8-6-2-1-5(11-4-9)3-7(6)10/h1-3H,10H2. The van der Waals surface area contributed by atoms with Crippen molar-refractivity contribution in [3.05, 3.63) is 23.2 Å². The van der Waals surface area contributed by atoms with E-state index in [1.54, 1.807) is 18.2 Å². The number of nitrogens with two attached hydrogens (primary N) is 1. The highest BCUT2D eigenvalue weighted by molar-refractivity contribution is 8.03. The Morgan fingerprint density at radius 2 is 2.27 bits per heavy atom. The Morgan fingerprint density at radius 3 is 2.82 bits per heavy atom. The first-order valence-electron chi connectivity index (χ1n) is 2.85. The topological polar surface area (TPSA) is 49.8 Å². The number of nitriles is 1. The van der Waals surface area contributed by atoms with Crippen LogP contribution < -0.4 is 5.73 Å². The molecule has 0 aromatic heterocycles. The molecule has 1 rings (SSSR count). The van der Waals surface area contributed by atoms with Crippen LogP contribution in [0, 0.1) is 10.7 Å². The van der Waals surface area contributed by atoms with Crippen LogP contribution in [0.5, 0.6) is 0 Å². The molecule has 2 nitrogen and oxygen atoms in total. The van der Waals surface area contributed by atoms with Gasteiger partial charge in [-0.05, 0) is 30.0 Å². The summed E-state index contributed by atoms with van der Waals surface area (Å²) in [6.07, 6.45) is 0. The van der Waals surface area contributed by atoms with Crippen LogP contribution in [0.25, 0.3) is 0 Å². The molecule has 0 aliphatic heterocycles. The summed E-state index contributed by atoms with van der Waals surface area (Å²) in [7, 11) is 0. The van der Waals surface area contributed by atoms with Gasteiger partial charge in [-0.2, -0.15) is 5.26 Å². The molecule has 0 spiro atoms. The quantitative estimate of drug-likeness (QED) is 0.415. The van der Waals surface area contributed by atoms with Crippen molar-refractivity contribution in [1.29, 1.82) is 5.26 Å². The normalized spacial score (nSPS) is 9.09. The van der Waals surface area contributed by atoms with Gasteiger partial charge < -0.3 is 5.73 Å². The highest BCUT2D eigenvalue weighted by Crippen LogP contribution is 2.25. The van der Waals surface area contributed by atoms with E-state index in [2.05, 4.69) is 0 Å². The number of anilines is 1. The lowest BCUT2D eigenvalue weighted by Gasteiger charge is -1.97. The molecule has 1 aromatic carbocycles. The van der Waals surface area contributed by atoms with Crippen molar-refractivity contribution < 1.29 is 0 Å². The number of hydrogen-bond acceptors (Lipinski definition) is 3. The molecule has 0 aliphatic rings. The minimum Gasteiger partial charge on any atom is -0.397 e. The van der Waals surface area contributed by atoms with Gasteiger partial charge in [0.25, 0.3) is 0 Å². The fourth-order valence-electron chi connectivity index (χ4n) is 0.638. The van der Waals surface area contributed by atoms with Gasteiger partial charge in [-0.25, -0.2) is 0 Å². The van der Waals surface area contributed by atoms with Gasteiger partial charge in [-0.15, -0.1) is 0 Å². The van der Waals surface area contributed by atoms with Crippen LogP contribution in [-0.2, 0) is 0 Å². The van der Waals surface area contributed by atoms with E-state index < -0.39 is 0 Å².